The molecule has 2 atom stereocenters. The Kier molecular flexibility index (Phi) is 3.49. The maximum absolute atomic E-state index is 5.93. The Hall–Kier alpha value is -1.02. The molecule has 88 valence electrons. The van der Waals surface area contributed by atoms with Crippen molar-refractivity contribution in [1.29, 1.82) is 0 Å². The lowest BCUT2D eigenvalue weighted by Gasteiger charge is -2.13. The van der Waals surface area contributed by atoms with Gasteiger partial charge in [0.25, 0.3) is 0 Å². The molecule has 0 unspecified atom stereocenters. The summed E-state index contributed by atoms with van der Waals surface area (Å²) in [6.45, 7) is 4.09. The summed E-state index contributed by atoms with van der Waals surface area (Å²) in [6.07, 6.45) is 3.76. The van der Waals surface area contributed by atoms with Crippen LogP contribution in [0, 0.1) is 0 Å². The number of benzene rings is 1. The van der Waals surface area contributed by atoms with Crippen LogP contribution in [0.4, 0.5) is 0 Å². The van der Waals surface area contributed by atoms with E-state index in [-0.39, 0.29) is 6.10 Å². The number of ether oxygens (including phenoxy) is 1. The average molecular weight is 219 g/mol. The van der Waals surface area contributed by atoms with Gasteiger partial charge >= 0.3 is 0 Å². The number of rotatable bonds is 3. The molecule has 1 aliphatic carbocycles. The standard InChI is InChI=1S/C14H21NO/c1-10(2)16-14-7-4-11(5-8-14)12-3-6-13(15)9-12/h4-5,7-8,10,12-13H,3,6,9,15H2,1-2H3/t12-,13-/m0/s1. The van der Waals surface area contributed by atoms with E-state index in [1.54, 1.807) is 0 Å². The molecule has 16 heavy (non-hydrogen) atoms. The van der Waals surface area contributed by atoms with Gasteiger partial charge in [-0.15, -0.1) is 0 Å². The highest BCUT2D eigenvalue weighted by Crippen LogP contribution is 2.34. The van der Waals surface area contributed by atoms with Gasteiger partial charge < -0.3 is 10.5 Å². The molecular weight excluding hydrogens is 198 g/mol. The van der Waals surface area contributed by atoms with Crippen LogP contribution in [0.2, 0.25) is 0 Å². The van der Waals surface area contributed by atoms with Gasteiger partial charge in [0.1, 0.15) is 5.75 Å². The third-order valence-corrected chi connectivity index (χ3v) is 3.20. The normalized spacial score (nSPS) is 25.0. The van der Waals surface area contributed by atoms with Gasteiger partial charge in [0.15, 0.2) is 0 Å². The van der Waals surface area contributed by atoms with Crippen molar-refractivity contribution >= 4 is 0 Å². The van der Waals surface area contributed by atoms with Crippen molar-refractivity contribution in [2.75, 3.05) is 0 Å². The molecule has 0 amide bonds. The number of hydrogen-bond acceptors (Lipinski definition) is 2. The van der Waals surface area contributed by atoms with Gasteiger partial charge in [-0.2, -0.15) is 0 Å². The zero-order valence-corrected chi connectivity index (χ0v) is 10.1. The predicted octanol–water partition coefficient (Wildman–Crippen LogP) is 3.07. The first-order valence-corrected chi connectivity index (χ1v) is 6.17. The fraction of sp³-hybridized carbons (Fsp3) is 0.571. The second kappa shape index (κ2) is 4.88. The number of hydrogen-bond donors (Lipinski definition) is 1. The average Bonchev–Trinajstić information content (AvgIpc) is 2.65. The first-order chi connectivity index (χ1) is 7.65. The Morgan fingerprint density at radius 2 is 1.88 bits per heavy atom. The Morgan fingerprint density at radius 3 is 2.38 bits per heavy atom. The van der Waals surface area contributed by atoms with Crippen LogP contribution in [-0.2, 0) is 0 Å². The highest BCUT2D eigenvalue weighted by molar-refractivity contribution is 5.30. The molecule has 1 saturated carbocycles. The van der Waals surface area contributed by atoms with Gasteiger partial charge in [0, 0.05) is 6.04 Å². The molecule has 2 N–H and O–H groups in total. The monoisotopic (exact) mass is 219 g/mol. The van der Waals surface area contributed by atoms with Crippen molar-refractivity contribution in [3.05, 3.63) is 29.8 Å². The van der Waals surface area contributed by atoms with Crippen molar-refractivity contribution in [1.82, 2.24) is 0 Å². The van der Waals surface area contributed by atoms with E-state index < -0.39 is 0 Å². The Balaban J connectivity index is 2.02. The van der Waals surface area contributed by atoms with Gasteiger partial charge in [-0.1, -0.05) is 12.1 Å². The van der Waals surface area contributed by atoms with E-state index in [4.69, 9.17) is 10.5 Å². The summed E-state index contributed by atoms with van der Waals surface area (Å²) in [6, 6.07) is 8.90. The minimum Gasteiger partial charge on any atom is -0.491 e. The lowest BCUT2D eigenvalue weighted by molar-refractivity contribution is 0.242. The molecule has 0 heterocycles. The van der Waals surface area contributed by atoms with Crippen LogP contribution >= 0.6 is 0 Å². The summed E-state index contributed by atoms with van der Waals surface area (Å²) in [4.78, 5) is 0. The Morgan fingerprint density at radius 1 is 1.19 bits per heavy atom. The van der Waals surface area contributed by atoms with Crippen LogP contribution < -0.4 is 10.5 Å². The summed E-state index contributed by atoms with van der Waals surface area (Å²) < 4.78 is 5.63. The van der Waals surface area contributed by atoms with Gasteiger partial charge in [-0.05, 0) is 56.7 Å². The maximum Gasteiger partial charge on any atom is 0.119 e. The van der Waals surface area contributed by atoms with Gasteiger partial charge in [0.05, 0.1) is 6.10 Å². The van der Waals surface area contributed by atoms with E-state index in [1.165, 1.54) is 12.0 Å². The summed E-state index contributed by atoms with van der Waals surface area (Å²) in [7, 11) is 0. The Labute approximate surface area is 97.8 Å². The second-order valence-electron chi connectivity index (χ2n) is 5.01. The van der Waals surface area contributed by atoms with E-state index >= 15 is 0 Å². The molecule has 1 aromatic carbocycles. The molecule has 2 heteroatoms. The topological polar surface area (TPSA) is 35.2 Å². The highest BCUT2D eigenvalue weighted by Gasteiger charge is 2.22. The maximum atomic E-state index is 5.93. The van der Waals surface area contributed by atoms with Crippen molar-refractivity contribution in [2.45, 2.75) is 51.2 Å². The molecule has 1 aromatic rings. The number of nitrogens with two attached hydrogens (primary N) is 1. The molecule has 0 aromatic heterocycles. The van der Waals surface area contributed by atoms with E-state index in [0.717, 1.165) is 18.6 Å². The zero-order valence-electron chi connectivity index (χ0n) is 10.1. The van der Waals surface area contributed by atoms with E-state index in [2.05, 4.69) is 24.3 Å². The largest absolute Gasteiger partial charge is 0.491 e. The van der Waals surface area contributed by atoms with Gasteiger partial charge in [0.2, 0.25) is 0 Å². The summed E-state index contributed by atoms with van der Waals surface area (Å²) >= 11 is 0. The van der Waals surface area contributed by atoms with E-state index in [9.17, 15) is 0 Å². The van der Waals surface area contributed by atoms with Gasteiger partial charge in [-0.3, -0.25) is 0 Å². The van der Waals surface area contributed by atoms with Crippen LogP contribution in [0.5, 0.6) is 5.75 Å². The van der Waals surface area contributed by atoms with E-state index in [1.807, 2.05) is 13.8 Å². The minimum atomic E-state index is 0.241. The first kappa shape index (κ1) is 11.5. The van der Waals surface area contributed by atoms with E-state index in [0.29, 0.717) is 12.0 Å². The SMILES string of the molecule is CC(C)Oc1ccc([C@H]2CC[C@H](N)C2)cc1. The van der Waals surface area contributed by atoms with Crippen LogP contribution in [-0.4, -0.2) is 12.1 Å². The third-order valence-electron chi connectivity index (χ3n) is 3.20. The predicted molar refractivity (Wildman–Crippen MR) is 66.8 cm³/mol. The van der Waals surface area contributed by atoms with Crippen molar-refractivity contribution in [3.8, 4) is 5.75 Å². The molecule has 0 bridgehead atoms. The summed E-state index contributed by atoms with van der Waals surface area (Å²) in [5.41, 5.74) is 7.34. The van der Waals surface area contributed by atoms with Crippen LogP contribution in [0.1, 0.15) is 44.6 Å². The molecular formula is C14H21NO. The molecule has 2 nitrogen and oxygen atoms in total. The molecule has 1 fully saturated rings. The van der Waals surface area contributed by atoms with Crippen LogP contribution in [0.3, 0.4) is 0 Å². The summed E-state index contributed by atoms with van der Waals surface area (Å²) in [5.74, 6) is 1.61. The molecule has 0 saturated heterocycles. The molecule has 0 spiro atoms. The highest BCUT2D eigenvalue weighted by atomic mass is 16.5. The molecule has 0 aliphatic heterocycles. The minimum absolute atomic E-state index is 0.241. The summed E-state index contributed by atoms with van der Waals surface area (Å²) in [5, 5.41) is 0. The fourth-order valence-electron chi connectivity index (χ4n) is 2.41. The quantitative estimate of drug-likeness (QED) is 0.848. The van der Waals surface area contributed by atoms with Crippen LogP contribution in [0.15, 0.2) is 24.3 Å². The zero-order chi connectivity index (χ0) is 11.5. The molecule has 1 aliphatic rings. The smallest absolute Gasteiger partial charge is 0.119 e. The van der Waals surface area contributed by atoms with Crippen LogP contribution in [0.25, 0.3) is 0 Å². The third kappa shape index (κ3) is 2.76. The van der Waals surface area contributed by atoms with Gasteiger partial charge in [-0.25, -0.2) is 0 Å². The molecule has 2 rings (SSSR count). The Bertz CT molecular complexity index is 331. The molecule has 0 radical (unpaired) electrons. The van der Waals surface area contributed by atoms with Crippen molar-refractivity contribution in [3.63, 3.8) is 0 Å². The fourth-order valence-corrected chi connectivity index (χ4v) is 2.41. The van der Waals surface area contributed by atoms with Crippen molar-refractivity contribution < 1.29 is 4.74 Å². The second-order valence-corrected chi connectivity index (χ2v) is 5.01. The first-order valence-electron chi connectivity index (χ1n) is 6.17. The lowest BCUT2D eigenvalue weighted by Crippen LogP contribution is -2.14. The van der Waals surface area contributed by atoms with Crippen molar-refractivity contribution in [2.24, 2.45) is 5.73 Å². The lowest BCUT2D eigenvalue weighted by atomic mass is 9.97.